The fourth-order valence-corrected chi connectivity index (χ4v) is 2.85. The minimum atomic E-state index is -0.268. The van der Waals surface area contributed by atoms with Gasteiger partial charge in [0.2, 0.25) is 0 Å². The monoisotopic (exact) mass is 360 g/mol. The Morgan fingerprint density at radius 3 is 2.35 bits per heavy atom. The van der Waals surface area contributed by atoms with Crippen LogP contribution in [0, 0.1) is 5.82 Å². The Morgan fingerprint density at radius 2 is 1.58 bits per heavy atom. The molecule has 0 spiro atoms. The summed E-state index contributed by atoms with van der Waals surface area (Å²) in [6.45, 7) is 0. The molecule has 0 saturated heterocycles. The standard InChI is InChI=1S/C22H14ClFN2/c23-18-9-7-16(8-10-18)22-21(13-15-5-11-19(24)12-6-15)25-14-17-3-1-2-4-20(17)26-22/h1-14H/b21-13-. The first-order valence-corrected chi connectivity index (χ1v) is 8.52. The first-order chi connectivity index (χ1) is 12.7. The summed E-state index contributed by atoms with van der Waals surface area (Å²) in [7, 11) is 0. The van der Waals surface area contributed by atoms with Gasteiger partial charge in [-0.1, -0.05) is 54.1 Å². The summed E-state index contributed by atoms with van der Waals surface area (Å²) < 4.78 is 13.2. The molecule has 0 bridgehead atoms. The second-order valence-electron chi connectivity index (χ2n) is 5.87. The molecule has 4 heteroatoms. The maximum Gasteiger partial charge on any atom is 0.123 e. The highest BCUT2D eigenvalue weighted by molar-refractivity contribution is 6.30. The second kappa shape index (κ2) is 7.06. The van der Waals surface area contributed by atoms with E-state index in [1.165, 1.54) is 12.1 Å². The van der Waals surface area contributed by atoms with Gasteiger partial charge in [0.1, 0.15) is 5.82 Å². The Labute approximate surface area is 156 Å². The van der Waals surface area contributed by atoms with Crippen molar-refractivity contribution in [3.8, 4) is 0 Å². The Bertz CT molecular complexity index is 1030. The largest absolute Gasteiger partial charge is 0.254 e. The summed E-state index contributed by atoms with van der Waals surface area (Å²) in [5.74, 6) is -0.268. The zero-order chi connectivity index (χ0) is 17.9. The number of fused-ring (bicyclic) bond motifs is 1. The van der Waals surface area contributed by atoms with E-state index in [4.69, 9.17) is 16.6 Å². The van der Waals surface area contributed by atoms with Crippen LogP contribution in [0.5, 0.6) is 0 Å². The van der Waals surface area contributed by atoms with Crippen LogP contribution in [-0.4, -0.2) is 11.9 Å². The number of rotatable bonds is 2. The molecule has 1 heterocycles. The lowest BCUT2D eigenvalue weighted by Gasteiger charge is -2.07. The lowest BCUT2D eigenvalue weighted by atomic mass is 10.0. The van der Waals surface area contributed by atoms with Gasteiger partial charge in [-0.15, -0.1) is 0 Å². The summed E-state index contributed by atoms with van der Waals surface area (Å²) in [6, 6.07) is 21.6. The van der Waals surface area contributed by atoms with Gasteiger partial charge in [0.15, 0.2) is 0 Å². The van der Waals surface area contributed by atoms with E-state index >= 15 is 0 Å². The van der Waals surface area contributed by atoms with E-state index in [0.29, 0.717) is 10.7 Å². The summed E-state index contributed by atoms with van der Waals surface area (Å²) in [4.78, 5) is 9.48. The fraction of sp³-hybridized carbons (Fsp3) is 0. The van der Waals surface area contributed by atoms with Crippen LogP contribution in [-0.2, 0) is 0 Å². The number of halogens is 2. The first-order valence-electron chi connectivity index (χ1n) is 8.14. The first kappa shape index (κ1) is 16.4. The number of nitrogens with zero attached hydrogens (tertiary/aromatic N) is 2. The van der Waals surface area contributed by atoms with Crippen LogP contribution in [0.4, 0.5) is 10.1 Å². The number of para-hydroxylation sites is 1. The summed E-state index contributed by atoms with van der Waals surface area (Å²) in [5.41, 5.74) is 5.01. The molecule has 3 aromatic carbocycles. The van der Waals surface area contributed by atoms with Gasteiger partial charge in [-0.25, -0.2) is 9.38 Å². The molecular formula is C22H14ClFN2. The van der Waals surface area contributed by atoms with Crippen molar-refractivity contribution < 1.29 is 4.39 Å². The summed E-state index contributed by atoms with van der Waals surface area (Å²) in [5, 5.41) is 0.663. The van der Waals surface area contributed by atoms with Crippen LogP contribution < -0.4 is 0 Å². The van der Waals surface area contributed by atoms with Crippen LogP contribution in [0.3, 0.4) is 0 Å². The van der Waals surface area contributed by atoms with Gasteiger partial charge >= 0.3 is 0 Å². The molecule has 0 radical (unpaired) electrons. The molecule has 0 fully saturated rings. The Kier molecular flexibility index (Phi) is 4.46. The lowest BCUT2D eigenvalue weighted by Crippen LogP contribution is -2.03. The number of aliphatic imine (C=N–C) groups is 2. The normalized spacial score (nSPS) is 14.7. The zero-order valence-corrected chi connectivity index (χ0v) is 14.5. The topological polar surface area (TPSA) is 24.7 Å². The molecule has 1 aliphatic rings. The smallest absolute Gasteiger partial charge is 0.123 e. The van der Waals surface area contributed by atoms with E-state index in [1.807, 2.05) is 54.6 Å². The molecule has 126 valence electrons. The average molecular weight is 361 g/mol. The third-order valence-electron chi connectivity index (χ3n) is 4.05. The quantitative estimate of drug-likeness (QED) is 0.529. The molecule has 1 aliphatic heterocycles. The average Bonchev–Trinajstić information content (AvgIpc) is 2.84. The maximum atomic E-state index is 13.2. The molecule has 0 aromatic heterocycles. The van der Waals surface area contributed by atoms with Crippen LogP contribution in [0.1, 0.15) is 16.7 Å². The van der Waals surface area contributed by atoms with Gasteiger partial charge in [-0.2, -0.15) is 0 Å². The molecule has 4 rings (SSSR count). The van der Waals surface area contributed by atoms with E-state index in [0.717, 1.165) is 28.1 Å². The van der Waals surface area contributed by atoms with Crippen molar-refractivity contribution in [3.05, 3.63) is 106 Å². The predicted octanol–water partition coefficient (Wildman–Crippen LogP) is 6.07. The molecular weight excluding hydrogens is 347 g/mol. The van der Waals surface area contributed by atoms with Crippen molar-refractivity contribution in [1.82, 2.24) is 0 Å². The lowest BCUT2D eigenvalue weighted by molar-refractivity contribution is 0.628. The number of benzene rings is 3. The van der Waals surface area contributed by atoms with Gasteiger partial charge < -0.3 is 0 Å². The van der Waals surface area contributed by atoms with Gasteiger partial charge in [0.05, 0.1) is 17.1 Å². The maximum absolute atomic E-state index is 13.2. The van der Waals surface area contributed by atoms with Crippen molar-refractivity contribution in [1.29, 1.82) is 0 Å². The van der Waals surface area contributed by atoms with Gasteiger partial charge in [0.25, 0.3) is 0 Å². The number of hydrogen-bond acceptors (Lipinski definition) is 2. The number of hydrogen-bond donors (Lipinski definition) is 0. The van der Waals surface area contributed by atoms with E-state index in [9.17, 15) is 4.39 Å². The van der Waals surface area contributed by atoms with Gasteiger partial charge in [-0.3, -0.25) is 4.99 Å². The highest BCUT2D eigenvalue weighted by Crippen LogP contribution is 2.26. The van der Waals surface area contributed by atoms with Crippen LogP contribution >= 0.6 is 11.6 Å². The molecule has 0 N–H and O–H groups in total. The highest BCUT2D eigenvalue weighted by Gasteiger charge is 2.14. The van der Waals surface area contributed by atoms with Crippen molar-refractivity contribution in [2.75, 3.05) is 0 Å². The van der Waals surface area contributed by atoms with Crippen LogP contribution in [0.2, 0.25) is 5.02 Å². The minimum absolute atomic E-state index is 0.268. The Balaban J connectivity index is 1.88. The molecule has 3 aromatic rings. The fourth-order valence-electron chi connectivity index (χ4n) is 2.72. The van der Waals surface area contributed by atoms with Crippen molar-refractivity contribution in [3.63, 3.8) is 0 Å². The van der Waals surface area contributed by atoms with E-state index < -0.39 is 0 Å². The van der Waals surface area contributed by atoms with Crippen molar-refractivity contribution in [2.24, 2.45) is 9.98 Å². The second-order valence-corrected chi connectivity index (χ2v) is 6.30. The number of allylic oxidation sites excluding steroid dienone is 1. The minimum Gasteiger partial charge on any atom is -0.254 e. The highest BCUT2D eigenvalue weighted by atomic mass is 35.5. The third kappa shape index (κ3) is 3.48. The van der Waals surface area contributed by atoms with Crippen LogP contribution in [0.15, 0.2) is 88.5 Å². The zero-order valence-electron chi connectivity index (χ0n) is 13.7. The molecule has 0 aliphatic carbocycles. The predicted molar refractivity (Wildman–Crippen MR) is 106 cm³/mol. The Morgan fingerprint density at radius 1 is 0.846 bits per heavy atom. The van der Waals surface area contributed by atoms with E-state index in [-0.39, 0.29) is 5.82 Å². The molecule has 0 unspecified atom stereocenters. The summed E-state index contributed by atoms with van der Waals surface area (Å²) in [6.07, 6.45) is 3.70. The molecule has 26 heavy (non-hydrogen) atoms. The van der Waals surface area contributed by atoms with E-state index in [2.05, 4.69) is 4.99 Å². The van der Waals surface area contributed by atoms with E-state index in [1.54, 1.807) is 18.3 Å². The molecule has 0 saturated carbocycles. The van der Waals surface area contributed by atoms with Crippen molar-refractivity contribution in [2.45, 2.75) is 0 Å². The SMILES string of the molecule is Fc1ccc(/C=C2\N=Cc3ccccc3N=C2c2ccc(Cl)cc2)cc1. The molecule has 0 amide bonds. The van der Waals surface area contributed by atoms with Gasteiger partial charge in [0, 0.05) is 22.4 Å². The van der Waals surface area contributed by atoms with Crippen LogP contribution in [0.25, 0.3) is 6.08 Å². The molecule has 0 atom stereocenters. The Hall–Kier alpha value is -3.04. The third-order valence-corrected chi connectivity index (χ3v) is 4.30. The van der Waals surface area contributed by atoms with Gasteiger partial charge in [-0.05, 0) is 42.0 Å². The molecule has 2 nitrogen and oxygen atoms in total. The summed E-state index contributed by atoms with van der Waals surface area (Å²) >= 11 is 6.03. The van der Waals surface area contributed by atoms with Crippen molar-refractivity contribution >= 4 is 35.3 Å².